The lowest BCUT2D eigenvalue weighted by atomic mass is 10.1. The van der Waals surface area contributed by atoms with Crippen molar-refractivity contribution in [2.24, 2.45) is 0 Å². The third-order valence-electron chi connectivity index (χ3n) is 2.85. The first-order chi connectivity index (χ1) is 8.04. The fourth-order valence-electron chi connectivity index (χ4n) is 1.80. The zero-order valence-corrected chi connectivity index (χ0v) is 10.4. The van der Waals surface area contributed by atoms with E-state index in [-0.39, 0.29) is 0 Å². The third kappa shape index (κ3) is 1.88. The Bertz CT molecular complexity index is 620. The smallest absolute Gasteiger partial charge is 0.119 e. The molecule has 0 spiro atoms. The molecular weight excluding hydrogens is 234 g/mol. The van der Waals surface area contributed by atoms with Crippen LogP contribution < -0.4 is 5.73 Å². The van der Waals surface area contributed by atoms with Crippen LogP contribution in [0.5, 0.6) is 0 Å². The molecule has 3 nitrogen and oxygen atoms in total. The van der Waals surface area contributed by atoms with Crippen LogP contribution in [0.1, 0.15) is 16.7 Å². The van der Waals surface area contributed by atoms with E-state index in [2.05, 4.69) is 11.1 Å². The van der Waals surface area contributed by atoms with Gasteiger partial charge in [0.25, 0.3) is 0 Å². The first-order valence-electron chi connectivity index (χ1n) is 5.19. The lowest BCUT2D eigenvalue weighted by Gasteiger charge is -2.03. The quantitative estimate of drug-likeness (QED) is 0.809. The Balaban J connectivity index is 2.62. The average molecular weight is 246 g/mol. The molecule has 0 amide bonds. The number of hydrogen-bond donors (Lipinski definition) is 2. The molecule has 0 saturated carbocycles. The molecule has 0 bridgehead atoms. The minimum absolute atomic E-state index is 0.400. The SMILES string of the molecule is Cc1ccc(-c2[nH]c(N)c(C#N)c2C)cc1Cl. The topological polar surface area (TPSA) is 65.6 Å². The monoisotopic (exact) mass is 245 g/mol. The zero-order valence-electron chi connectivity index (χ0n) is 9.63. The number of rotatable bonds is 1. The summed E-state index contributed by atoms with van der Waals surface area (Å²) in [7, 11) is 0. The van der Waals surface area contributed by atoms with Crippen LogP contribution in [0.2, 0.25) is 5.02 Å². The second-order valence-corrected chi connectivity index (χ2v) is 4.40. The van der Waals surface area contributed by atoms with Gasteiger partial charge in [-0.2, -0.15) is 5.26 Å². The lowest BCUT2D eigenvalue weighted by molar-refractivity contribution is 1.37. The number of nitrogens with one attached hydrogen (secondary N) is 1. The van der Waals surface area contributed by atoms with Gasteiger partial charge < -0.3 is 10.7 Å². The molecular formula is C13H12ClN3. The van der Waals surface area contributed by atoms with Crippen LogP contribution in [0.3, 0.4) is 0 Å². The lowest BCUT2D eigenvalue weighted by Crippen LogP contribution is -1.87. The Labute approximate surface area is 105 Å². The highest BCUT2D eigenvalue weighted by atomic mass is 35.5. The number of nitriles is 1. The molecule has 86 valence electrons. The number of nitrogens with zero attached hydrogens (tertiary/aromatic N) is 1. The maximum atomic E-state index is 8.98. The van der Waals surface area contributed by atoms with E-state index in [1.807, 2.05) is 32.0 Å². The molecule has 0 aliphatic heterocycles. The van der Waals surface area contributed by atoms with Gasteiger partial charge in [-0.25, -0.2) is 0 Å². The first-order valence-corrected chi connectivity index (χ1v) is 5.57. The van der Waals surface area contributed by atoms with E-state index in [1.165, 1.54) is 0 Å². The molecule has 0 unspecified atom stereocenters. The number of aryl methyl sites for hydroxylation is 1. The molecule has 0 aliphatic rings. The van der Waals surface area contributed by atoms with Crippen molar-refractivity contribution in [2.45, 2.75) is 13.8 Å². The van der Waals surface area contributed by atoms with E-state index < -0.39 is 0 Å². The van der Waals surface area contributed by atoms with Crippen molar-refractivity contribution in [3.63, 3.8) is 0 Å². The summed E-state index contributed by atoms with van der Waals surface area (Å²) in [6, 6.07) is 7.87. The van der Waals surface area contributed by atoms with Crippen LogP contribution in [-0.2, 0) is 0 Å². The summed E-state index contributed by atoms with van der Waals surface area (Å²) < 4.78 is 0. The van der Waals surface area contributed by atoms with Crippen molar-refractivity contribution < 1.29 is 0 Å². The minimum atomic E-state index is 0.400. The Morgan fingerprint density at radius 2 is 2.06 bits per heavy atom. The predicted molar refractivity (Wildman–Crippen MR) is 69.8 cm³/mol. The number of halogens is 1. The van der Waals surface area contributed by atoms with Gasteiger partial charge in [0.1, 0.15) is 11.9 Å². The van der Waals surface area contributed by atoms with Crippen LogP contribution in [-0.4, -0.2) is 4.98 Å². The number of benzene rings is 1. The average Bonchev–Trinajstić information content (AvgIpc) is 2.58. The second kappa shape index (κ2) is 4.15. The Kier molecular flexibility index (Phi) is 2.83. The second-order valence-electron chi connectivity index (χ2n) is 3.99. The van der Waals surface area contributed by atoms with E-state index in [9.17, 15) is 0 Å². The molecule has 1 aromatic heterocycles. The fraction of sp³-hybridized carbons (Fsp3) is 0.154. The van der Waals surface area contributed by atoms with Crippen molar-refractivity contribution in [2.75, 3.05) is 5.73 Å². The fourth-order valence-corrected chi connectivity index (χ4v) is 1.98. The molecule has 0 radical (unpaired) electrons. The van der Waals surface area contributed by atoms with Crippen LogP contribution in [0.15, 0.2) is 18.2 Å². The number of H-pyrrole nitrogens is 1. The van der Waals surface area contributed by atoms with Crippen molar-refractivity contribution in [1.82, 2.24) is 4.98 Å². The van der Waals surface area contributed by atoms with Gasteiger partial charge in [-0.05, 0) is 36.6 Å². The highest BCUT2D eigenvalue weighted by Crippen LogP contribution is 2.30. The third-order valence-corrected chi connectivity index (χ3v) is 3.26. The van der Waals surface area contributed by atoms with Crippen molar-refractivity contribution in [1.29, 1.82) is 5.26 Å². The summed E-state index contributed by atoms with van der Waals surface area (Å²) in [5.74, 6) is 0.400. The number of nitrogen functional groups attached to an aromatic ring is 1. The van der Waals surface area contributed by atoms with E-state index in [0.29, 0.717) is 16.4 Å². The molecule has 0 aliphatic carbocycles. The minimum Gasteiger partial charge on any atom is -0.384 e. The summed E-state index contributed by atoms with van der Waals surface area (Å²) >= 11 is 6.09. The highest BCUT2D eigenvalue weighted by molar-refractivity contribution is 6.31. The van der Waals surface area contributed by atoms with Crippen molar-refractivity contribution in [3.8, 4) is 17.3 Å². The first kappa shape index (κ1) is 11.6. The Morgan fingerprint density at radius 3 is 2.59 bits per heavy atom. The molecule has 0 atom stereocenters. The van der Waals surface area contributed by atoms with E-state index >= 15 is 0 Å². The van der Waals surface area contributed by atoms with Gasteiger partial charge in [-0.15, -0.1) is 0 Å². The summed E-state index contributed by atoms with van der Waals surface area (Å²) in [5, 5.41) is 9.68. The number of aromatic amines is 1. The number of anilines is 1. The molecule has 4 heteroatoms. The van der Waals surface area contributed by atoms with Crippen LogP contribution in [0.4, 0.5) is 5.82 Å². The molecule has 1 aromatic carbocycles. The van der Waals surface area contributed by atoms with Gasteiger partial charge in [0, 0.05) is 5.02 Å². The van der Waals surface area contributed by atoms with Gasteiger partial charge in [-0.1, -0.05) is 23.7 Å². The molecule has 2 rings (SSSR count). The molecule has 0 fully saturated rings. The van der Waals surface area contributed by atoms with Gasteiger partial charge in [0.15, 0.2) is 0 Å². The van der Waals surface area contributed by atoms with E-state index in [4.69, 9.17) is 22.6 Å². The number of hydrogen-bond acceptors (Lipinski definition) is 2. The standard InChI is InChI=1S/C13H12ClN3/c1-7-3-4-9(5-11(7)14)12-8(2)10(6-15)13(16)17-12/h3-5,17H,16H2,1-2H3. The number of aromatic nitrogens is 1. The largest absolute Gasteiger partial charge is 0.384 e. The van der Waals surface area contributed by atoms with Gasteiger partial charge >= 0.3 is 0 Å². The van der Waals surface area contributed by atoms with Crippen molar-refractivity contribution in [3.05, 3.63) is 39.9 Å². The Hall–Kier alpha value is -1.92. The van der Waals surface area contributed by atoms with Gasteiger partial charge in [-0.3, -0.25) is 0 Å². The highest BCUT2D eigenvalue weighted by Gasteiger charge is 2.13. The predicted octanol–water partition coefficient (Wildman–Crippen LogP) is 3.41. The van der Waals surface area contributed by atoms with E-state index in [0.717, 1.165) is 22.4 Å². The maximum Gasteiger partial charge on any atom is 0.119 e. The van der Waals surface area contributed by atoms with Crippen LogP contribution >= 0.6 is 11.6 Å². The summed E-state index contributed by atoms with van der Waals surface area (Å²) in [5.41, 5.74) is 9.90. The molecule has 17 heavy (non-hydrogen) atoms. The van der Waals surface area contributed by atoms with E-state index in [1.54, 1.807) is 0 Å². The van der Waals surface area contributed by atoms with Crippen LogP contribution in [0, 0.1) is 25.2 Å². The molecule has 2 aromatic rings. The number of nitrogens with two attached hydrogens (primary N) is 1. The van der Waals surface area contributed by atoms with Gasteiger partial charge in [0.05, 0.1) is 11.3 Å². The summed E-state index contributed by atoms with van der Waals surface area (Å²) in [6.45, 7) is 3.82. The summed E-state index contributed by atoms with van der Waals surface area (Å²) in [6.07, 6.45) is 0. The van der Waals surface area contributed by atoms with Crippen LogP contribution in [0.25, 0.3) is 11.3 Å². The molecule has 3 N–H and O–H groups in total. The molecule has 0 saturated heterocycles. The normalized spacial score (nSPS) is 10.2. The molecule has 1 heterocycles. The maximum absolute atomic E-state index is 8.98. The Morgan fingerprint density at radius 1 is 1.35 bits per heavy atom. The zero-order chi connectivity index (χ0) is 12.6. The van der Waals surface area contributed by atoms with Gasteiger partial charge in [0.2, 0.25) is 0 Å². The van der Waals surface area contributed by atoms with Crippen molar-refractivity contribution >= 4 is 17.4 Å². The summed E-state index contributed by atoms with van der Waals surface area (Å²) in [4.78, 5) is 3.02.